The predicted molar refractivity (Wildman–Crippen MR) is 86.3 cm³/mol. The monoisotopic (exact) mass is 431 g/mol. The van der Waals surface area contributed by atoms with Crippen molar-refractivity contribution < 1.29 is 9.47 Å². The van der Waals surface area contributed by atoms with E-state index in [0.717, 1.165) is 21.1 Å². The molecule has 7 heteroatoms. The third-order valence-electron chi connectivity index (χ3n) is 2.05. The van der Waals surface area contributed by atoms with Crippen molar-refractivity contribution >= 4 is 55.1 Å². The molecule has 0 unspecified atom stereocenters. The lowest BCUT2D eigenvalue weighted by atomic mass is 10.3. The first-order valence-electron chi connectivity index (χ1n) is 5.50. The Morgan fingerprint density at radius 3 is 2.37 bits per heavy atom. The van der Waals surface area contributed by atoms with Crippen LogP contribution in [0.1, 0.15) is 6.42 Å². The van der Waals surface area contributed by atoms with Gasteiger partial charge in [-0.25, -0.2) is 0 Å². The molecule has 0 aromatic heterocycles. The molecular formula is C12H13Br2Cl2NO2. The number of halogens is 4. The van der Waals surface area contributed by atoms with E-state index in [4.69, 9.17) is 38.4 Å². The number of hydrogen-bond acceptors (Lipinski definition) is 3. The van der Waals surface area contributed by atoms with Gasteiger partial charge in [-0.1, -0.05) is 23.2 Å². The second-order valence-corrected chi connectivity index (χ2v) is 6.23. The minimum atomic E-state index is 0.180. The van der Waals surface area contributed by atoms with Gasteiger partial charge in [-0.2, -0.15) is 0 Å². The summed E-state index contributed by atoms with van der Waals surface area (Å²) in [4.78, 5) is 0. The van der Waals surface area contributed by atoms with Crippen LogP contribution < -0.4 is 15.2 Å². The molecule has 0 spiro atoms. The Kier molecular flexibility index (Phi) is 8.18. The Morgan fingerprint density at radius 1 is 1.21 bits per heavy atom. The van der Waals surface area contributed by atoms with Crippen LogP contribution in [0.4, 0.5) is 0 Å². The molecule has 1 rings (SSSR count). The van der Waals surface area contributed by atoms with E-state index >= 15 is 0 Å². The number of rotatable bonds is 7. The van der Waals surface area contributed by atoms with Crippen LogP contribution in [0.25, 0.3) is 0 Å². The Bertz CT molecular complexity index is 428. The first-order chi connectivity index (χ1) is 9.04. The molecule has 2 N–H and O–H groups in total. The second-order valence-electron chi connectivity index (χ2n) is 3.51. The molecule has 3 nitrogen and oxygen atoms in total. The van der Waals surface area contributed by atoms with E-state index in [-0.39, 0.29) is 4.49 Å². The molecule has 1 aromatic carbocycles. The van der Waals surface area contributed by atoms with Crippen molar-refractivity contribution in [2.45, 2.75) is 6.42 Å². The first kappa shape index (κ1) is 17.1. The van der Waals surface area contributed by atoms with Gasteiger partial charge in [-0.15, -0.1) is 0 Å². The van der Waals surface area contributed by atoms with E-state index < -0.39 is 0 Å². The van der Waals surface area contributed by atoms with Gasteiger partial charge in [0.1, 0.15) is 22.6 Å². The normalized spacial score (nSPS) is 10.2. The zero-order valence-electron chi connectivity index (χ0n) is 9.97. The minimum absolute atomic E-state index is 0.180. The summed E-state index contributed by atoms with van der Waals surface area (Å²) in [5, 5.41) is 0. The van der Waals surface area contributed by atoms with Crippen molar-refractivity contribution in [3.63, 3.8) is 0 Å². The Balaban J connectivity index is 2.70. The van der Waals surface area contributed by atoms with Gasteiger partial charge in [0.05, 0.1) is 15.6 Å². The van der Waals surface area contributed by atoms with Crippen molar-refractivity contribution in [3.8, 4) is 11.5 Å². The number of ether oxygens (including phenoxy) is 2. The fraction of sp³-hybridized carbons (Fsp3) is 0.333. The summed E-state index contributed by atoms with van der Waals surface area (Å²) >= 11 is 17.9. The third-order valence-corrected chi connectivity index (χ3v) is 3.54. The average molecular weight is 434 g/mol. The van der Waals surface area contributed by atoms with Gasteiger partial charge in [0.15, 0.2) is 0 Å². The Hall–Kier alpha value is 0.0600. The van der Waals surface area contributed by atoms with E-state index in [9.17, 15) is 0 Å². The van der Waals surface area contributed by atoms with Crippen LogP contribution in [0.3, 0.4) is 0 Å². The van der Waals surface area contributed by atoms with E-state index in [1.807, 2.05) is 12.1 Å². The molecular weight excluding hydrogens is 421 g/mol. The van der Waals surface area contributed by atoms with E-state index in [1.165, 1.54) is 0 Å². The van der Waals surface area contributed by atoms with Crippen molar-refractivity contribution in [1.29, 1.82) is 0 Å². The molecule has 0 aliphatic carbocycles. The summed E-state index contributed by atoms with van der Waals surface area (Å²) in [6, 6.07) is 3.64. The molecule has 0 fully saturated rings. The van der Waals surface area contributed by atoms with Gasteiger partial charge in [0, 0.05) is 0 Å². The highest BCUT2D eigenvalue weighted by Gasteiger charge is 2.09. The quantitative estimate of drug-likeness (QED) is 0.637. The van der Waals surface area contributed by atoms with Gasteiger partial charge in [0.25, 0.3) is 0 Å². The minimum Gasteiger partial charge on any atom is -0.491 e. The zero-order valence-corrected chi connectivity index (χ0v) is 14.7. The summed E-state index contributed by atoms with van der Waals surface area (Å²) in [7, 11) is 0. The summed E-state index contributed by atoms with van der Waals surface area (Å²) in [6.45, 7) is 1.47. The van der Waals surface area contributed by atoms with E-state index in [2.05, 4.69) is 31.9 Å². The molecule has 1 aromatic rings. The topological polar surface area (TPSA) is 44.5 Å². The molecule has 0 atom stereocenters. The van der Waals surface area contributed by atoms with E-state index in [0.29, 0.717) is 25.5 Å². The SMILES string of the molecule is NCCCOc1c(Br)cc(OCC=C(Cl)Cl)cc1Br. The standard InChI is InChI=1S/C12H13Br2Cl2NO2/c13-9-6-8(18-5-2-11(15)16)7-10(14)12(9)19-4-1-3-17/h2,6-7H,1,3-5,17H2. The molecule has 0 saturated heterocycles. The van der Waals surface area contributed by atoms with Crippen molar-refractivity contribution in [2.24, 2.45) is 5.73 Å². The highest BCUT2D eigenvalue weighted by atomic mass is 79.9. The highest BCUT2D eigenvalue weighted by Crippen LogP contribution is 2.37. The van der Waals surface area contributed by atoms with Crippen LogP contribution in [0.2, 0.25) is 0 Å². The molecule has 0 radical (unpaired) electrons. The van der Waals surface area contributed by atoms with E-state index in [1.54, 1.807) is 6.08 Å². The van der Waals surface area contributed by atoms with Crippen LogP contribution in [0.5, 0.6) is 11.5 Å². The predicted octanol–water partition coefficient (Wildman–Crippen LogP) is 4.64. The highest BCUT2D eigenvalue weighted by molar-refractivity contribution is 9.11. The Labute approximate surface area is 139 Å². The van der Waals surface area contributed by atoms with Gasteiger partial charge in [0.2, 0.25) is 0 Å². The third kappa shape index (κ3) is 6.36. The summed E-state index contributed by atoms with van der Waals surface area (Å²) in [5.74, 6) is 1.41. The summed E-state index contributed by atoms with van der Waals surface area (Å²) in [6.07, 6.45) is 2.37. The van der Waals surface area contributed by atoms with Gasteiger partial charge in [-0.3, -0.25) is 0 Å². The molecule has 0 saturated carbocycles. The molecule has 19 heavy (non-hydrogen) atoms. The number of hydrogen-bond donors (Lipinski definition) is 1. The van der Waals surface area contributed by atoms with Crippen molar-refractivity contribution in [3.05, 3.63) is 31.6 Å². The maximum absolute atomic E-state index is 5.62. The van der Waals surface area contributed by atoms with Crippen LogP contribution in [-0.2, 0) is 0 Å². The van der Waals surface area contributed by atoms with Crippen LogP contribution in [-0.4, -0.2) is 19.8 Å². The molecule has 0 amide bonds. The lowest BCUT2D eigenvalue weighted by Gasteiger charge is -2.12. The average Bonchev–Trinajstić information content (AvgIpc) is 2.32. The summed E-state index contributed by atoms with van der Waals surface area (Å²) in [5.41, 5.74) is 5.42. The van der Waals surface area contributed by atoms with Crippen molar-refractivity contribution in [2.75, 3.05) is 19.8 Å². The fourth-order valence-corrected chi connectivity index (χ4v) is 2.72. The largest absolute Gasteiger partial charge is 0.491 e. The van der Waals surface area contributed by atoms with Crippen LogP contribution >= 0.6 is 55.1 Å². The van der Waals surface area contributed by atoms with Gasteiger partial charge >= 0.3 is 0 Å². The molecule has 0 heterocycles. The Morgan fingerprint density at radius 2 is 1.84 bits per heavy atom. The molecule has 0 aliphatic heterocycles. The summed E-state index contributed by atoms with van der Waals surface area (Å²) < 4.78 is 12.9. The zero-order chi connectivity index (χ0) is 14.3. The lowest BCUT2D eigenvalue weighted by Crippen LogP contribution is -2.06. The fourth-order valence-electron chi connectivity index (χ4n) is 1.22. The first-order valence-corrected chi connectivity index (χ1v) is 7.84. The molecule has 106 valence electrons. The molecule has 0 aliphatic rings. The van der Waals surface area contributed by atoms with Crippen molar-refractivity contribution in [1.82, 2.24) is 0 Å². The smallest absolute Gasteiger partial charge is 0.147 e. The number of nitrogens with two attached hydrogens (primary N) is 1. The maximum atomic E-state index is 5.62. The maximum Gasteiger partial charge on any atom is 0.147 e. The van der Waals surface area contributed by atoms with Crippen LogP contribution in [0, 0.1) is 0 Å². The lowest BCUT2D eigenvalue weighted by molar-refractivity contribution is 0.307. The van der Waals surface area contributed by atoms with Gasteiger partial charge in [-0.05, 0) is 63.0 Å². The van der Waals surface area contributed by atoms with Crippen LogP contribution in [0.15, 0.2) is 31.6 Å². The number of benzene rings is 1. The molecule has 0 bridgehead atoms. The van der Waals surface area contributed by atoms with Gasteiger partial charge < -0.3 is 15.2 Å². The second kappa shape index (κ2) is 9.08.